The molecule has 0 aliphatic carbocycles. The topological polar surface area (TPSA) is 90.1 Å². The molecule has 112 valence electrons. The molecule has 1 aromatic rings. The number of carbonyl (C=O) groups is 1. The zero-order valence-electron chi connectivity index (χ0n) is 12.2. The van der Waals surface area contributed by atoms with Gasteiger partial charge in [0.05, 0.1) is 19.1 Å². The fraction of sp³-hybridized carbons (Fsp3) is 0.846. The number of aromatic nitrogens is 4. The van der Waals surface area contributed by atoms with E-state index in [0.29, 0.717) is 6.61 Å². The molecule has 0 amide bonds. The zero-order chi connectivity index (χ0) is 14.8. The van der Waals surface area contributed by atoms with Crippen molar-refractivity contribution in [2.45, 2.75) is 52.0 Å². The molecular formula is C13H22N4O3. The highest BCUT2D eigenvalue weighted by molar-refractivity contribution is 5.67. The van der Waals surface area contributed by atoms with E-state index in [1.807, 2.05) is 20.8 Å². The Labute approximate surface area is 118 Å². The lowest BCUT2D eigenvalue weighted by Gasteiger charge is -2.31. The molecule has 0 radical (unpaired) electrons. The van der Waals surface area contributed by atoms with Crippen LogP contribution in [0, 0.1) is 5.41 Å². The Balaban J connectivity index is 2.29. The molecule has 0 saturated carbocycles. The number of aliphatic carboxylic acids is 1. The van der Waals surface area contributed by atoms with Gasteiger partial charge >= 0.3 is 5.97 Å². The second-order valence-corrected chi connectivity index (χ2v) is 6.38. The highest BCUT2D eigenvalue weighted by Crippen LogP contribution is 2.35. The molecule has 1 aromatic heterocycles. The zero-order valence-corrected chi connectivity index (χ0v) is 12.2. The van der Waals surface area contributed by atoms with Crippen LogP contribution in [0.25, 0.3) is 0 Å². The lowest BCUT2D eigenvalue weighted by atomic mass is 9.84. The predicted molar refractivity (Wildman–Crippen MR) is 71.4 cm³/mol. The van der Waals surface area contributed by atoms with Gasteiger partial charge in [0, 0.05) is 12.5 Å². The van der Waals surface area contributed by atoms with Gasteiger partial charge in [-0.05, 0) is 28.7 Å². The second kappa shape index (κ2) is 5.87. The smallest absolute Gasteiger partial charge is 0.305 e. The summed E-state index contributed by atoms with van der Waals surface area (Å²) in [5.74, 6) is 0.0505. The lowest BCUT2D eigenvalue weighted by molar-refractivity contribution is -0.138. The van der Waals surface area contributed by atoms with Crippen molar-refractivity contribution in [3.63, 3.8) is 0 Å². The average molecular weight is 282 g/mol. The number of hydrogen-bond acceptors (Lipinski definition) is 5. The highest BCUT2D eigenvalue weighted by Gasteiger charge is 2.34. The minimum absolute atomic E-state index is 0.00904. The average Bonchev–Trinajstić information content (AvgIpc) is 2.84. The molecule has 2 heterocycles. The van der Waals surface area contributed by atoms with E-state index in [4.69, 9.17) is 9.84 Å². The molecule has 20 heavy (non-hydrogen) atoms. The van der Waals surface area contributed by atoms with E-state index < -0.39 is 5.97 Å². The molecule has 1 saturated heterocycles. The molecule has 2 unspecified atom stereocenters. The Morgan fingerprint density at radius 2 is 2.30 bits per heavy atom. The van der Waals surface area contributed by atoms with Crippen molar-refractivity contribution in [3.05, 3.63) is 5.82 Å². The van der Waals surface area contributed by atoms with Crippen LogP contribution in [0.2, 0.25) is 0 Å². The van der Waals surface area contributed by atoms with Gasteiger partial charge in [-0.1, -0.05) is 20.8 Å². The third kappa shape index (κ3) is 3.33. The molecule has 1 aliphatic heterocycles. The van der Waals surface area contributed by atoms with Crippen molar-refractivity contribution < 1.29 is 14.6 Å². The molecule has 1 fully saturated rings. The number of carboxylic acid groups (broad SMARTS) is 1. The summed E-state index contributed by atoms with van der Waals surface area (Å²) in [6.07, 6.45) is 1.97. The fourth-order valence-electron chi connectivity index (χ4n) is 2.56. The maximum atomic E-state index is 11.1. The Hall–Kier alpha value is -1.50. The second-order valence-electron chi connectivity index (χ2n) is 6.38. The third-order valence-corrected chi connectivity index (χ3v) is 3.71. The monoisotopic (exact) mass is 282 g/mol. The summed E-state index contributed by atoms with van der Waals surface area (Å²) in [7, 11) is 0. The summed E-state index contributed by atoms with van der Waals surface area (Å²) in [6, 6.07) is -0.271. The molecule has 7 heteroatoms. The van der Waals surface area contributed by atoms with Crippen molar-refractivity contribution >= 4 is 5.97 Å². The lowest BCUT2D eigenvalue weighted by Crippen LogP contribution is -2.31. The summed E-state index contributed by atoms with van der Waals surface area (Å²) >= 11 is 0. The first-order valence-corrected chi connectivity index (χ1v) is 6.97. The van der Waals surface area contributed by atoms with Crippen molar-refractivity contribution in [1.29, 1.82) is 0 Å². The van der Waals surface area contributed by atoms with Crippen molar-refractivity contribution in [1.82, 2.24) is 20.2 Å². The molecule has 2 rings (SSSR count). The van der Waals surface area contributed by atoms with Crippen molar-refractivity contribution in [3.8, 4) is 0 Å². The van der Waals surface area contributed by atoms with Gasteiger partial charge in [-0.15, -0.1) is 5.10 Å². The first-order chi connectivity index (χ1) is 9.39. The van der Waals surface area contributed by atoms with Crippen molar-refractivity contribution in [2.75, 3.05) is 13.2 Å². The molecule has 2 atom stereocenters. The van der Waals surface area contributed by atoms with E-state index in [-0.39, 0.29) is 23.8 Å². The minimum Gasteiger partial charge on any atom is -0.481 e. The molecule has 0 aromatic carbocycles. The number of ether oxygens (including phenoxy) is 1. The normalized spacial score (nSPS) is 21.6. The maximum absolute atomic E-state index is 11.1. The van der Waals surface area contributed by atoms with Crippen LogP contribution in [0.15, 0.2) is 0 Å². The van der Waals surface area contributed by atoms with Gasteiger partial charge in [0.25, 0.3) is 0 Å². The molecule has 0 bridgehead atoms. The quantitative estimate of drug-likeness (QED) is 0.902. The number of rotatable bonds is 4. The van der Waals surface area contributed by atoms with Crippen LogP contribution in [-0.2, 0) is 9.53 Å². The molecule has 7 nitrogen and oxygen atoms in total. The Morgan fingerprint density at radius 1 is 1.55 bits per heavy atom. The van der Waals surface area contributed by atoms with Crippen LogP contribution in [0.4, 0.5) is 0 Å². The van der Waals surface area contributed by atoms with E-state index in [1.165, 1.54) is 0 Å². The van der Waals surface area contributed by atoms with E-state index in [9.17, 15) is 4.79 Å². The summed E-state index contributed by atoms with van der Waals surface area (Å²) in [5.41, 5.74) is -0.238. The molecular weight excluding hydrogens is 260 g/mol. The van der Waals surface area contributed by atoms with Gasteiger partial charge in [0.2, 0.25) is 0 Å². The molecule has 1 aliphatic rings. The predicted octanol–water partition coefficient (Wildman–Crippen LogP) is 1.63. The van der Waals surface area contributed by atoms with Crippen LogP contribution in [0.5, 0.6) is 0 Å². The summed E-state index contributed by atoms with van der Waals surface area (Å²) in [6.45, 7) is 7.39. The first-order valence-electron chi connectivity index (χ1n) is 6.97. The van der Waals surface area contributed by atoms with Crippen LogP contribution < -0.4 is 0 Å². The van der Waals surface area contributed by atoms with Gasteiger partial charge < -0.3 is 9.84 Å². The van der Waals surface area contributed by atoms with Gasteiger partial charge in [-0.25, -0.2) is 4.68 Å². The summed E-state index contributed by atoms with van der Waals surface area (Å²) in [5, 5.41) is 21.1. The fourth-order valence-corrected chi connectivity index (χ4v) is 2.56. The Kier molecular flexibility index (Phi) is 4.37. The van der Waals surface area contributed by atoms with E-state index in [2.05, 4.69) is 15.5 Å². The number of tetrazole rings is 1. The number of carboxylic acids is 1. The summed E-state index contributed by atoms with van der Waals surface area (Å²) < 4.78 is 7.17. The van der Waals surface area contributed by atoms with E-state index in [0.717, 1.165) is 25.3 Å². The third-order valence-electron chi connectivity index (χ3n) is 3.71. The van der Waals surface area contributed by atoms with Crippen LogP contribution in [0.3, 0.4) is 0 Å². The van der Waals surface area contributed by atoms with E-state index in [1.54, 1.807) is 4.68 Å². The minimum atomic E-state index is -0.841. The molecule has 0 spiro atoms. The maximum Gasteiger partial charge on any atom is 0.305 e. The largest absolute Gasteiger partial charge is 0.481 e. The van der Waals surface area contributed by atoms with Crippen LogP contribution in [0.1, 0.15) is 57.8 Å². The Morgan fingerprint density at radius 3 is 2.85 bits per heavy atom. The van der Waals surface area contributed by atoms with Gasteiger partial charge in [0.15, 0.2) is 5.82 Å². The standard InChI is InChI=1S/C13H22N4O3/c1-13(2,3)10(7-11(18)19)17-12(14-15-16-17)9-5-4-6-20-8-9/h9-10H,4-8H2,1-3H3,(H,18,19). The van der Waals surface area contributed by atoms with Crippen LogP contribution in [-0.4, -0.2) is 44.5 Å². The van der Waals surface area contributed by atoms with Crippen LogP contribution >= 0.6 is 0 Å². The van der Waals surface area contributed by atoms with Gasteiger partial charge in [-0.2, -0.15) is 0 Å². The van der Waals surface area contributed by atoms with E-state index >= 15 is 0 Å². The Bertz CT molecular complexity index is 460. The van der Waals surface area contributed by atoms with Gasteiger partial charge in [0.1, 0.15) is 0 Å². The first kappa shape index (κ1) is 14.9. The molecule has 1 N–H and O–H groups in total. The number of nitrogens with zero attached hydrogens (tertiary/aromatic N) is 4. The number of hydrogen-bond donors (Lipinski definition) is 1. The highest BCUT2D eigenvalue weighted by atomic mass is 16.5. The van der Waals surface area contributed by atoms with Crippen molar-refractivity contribution in [2.24, 2.45) is 5.41 Å². The van der Waals surface area contributed by atoms with Gasteiger partial charge in [-0.3, -0.25) is 4.79 Å². The SMILES string of the molecule is CC(C)(C)C(CC(=O)O)n1nnnc1C1CCCOC1. The summed E-state index contributed by atoms with van der Waals surface area (Å²) in [4.78, 5) is 11.1.